The number of hydrogen-bond donors (Lipinski definition) is 0. The van der Waals surface area contributed by atoms with E-state index in [0.717, 1.165) is 30.8 Å². The number of aryl methyl sites for hydroxylation is 1. The van der Waals surface area contributed by atoms with E-state index in [4.69, 9.17) is 4.74 Å². The van der Waals surface area contributed by atoms with Crippen LogP contribution in [0.15, 0.2) is 12.5 Å². The predicted octanol–water partition coefficient (Wildman–Crippen LogP) is 1.55. The molecule has 0 spiro atoms. The lowest BCUT2D eigenvalue weighted by atomic mass is 10.1. The average molecular weight is 235 g/mol. The Bertz CT molecular complexity index is 437. The molecule has 5 nitrogen and oxygen atoms in total. The molecule has 5 heteroatoms. The summed E-state index contributed by atoms with van der Waals surface area (Å²) in [6, 6.07) is 0. The molecule has 0 N–H and O–H groups in total. The second-order valence-electron chi connectivity index (χ2n) is 4.12. The van der Waals surface area contributed by atoms with Crippen molar-refractivity contribution in [1.82, 2.24) is 9.78 Å². The second kappa shape index (κ2) is 5.03. The summed E-state index contributed by atoms with van der Waals surface area (Å²) >= 11 is 0. The summed E-state index contributed by atoms with van der Waals surface area (Å²) < 4.78 is 6.62. The van der Waals surface area contributed by atoms with Crippen LogP contribution in [-0.2, 0) is 16.6 Å². The van der Waals surface area contributed by atoms with Crippen LogP contribution >= 0.6 is 0 Å². The lowest BCUT2D eigenvalue weighted by molar-refractivity contribution is -0.119. The zero-order valence-electron chi connectivity index (χ0n) is 10.2. The van der Waals surface area contributed by atoms with Crippen molar-refractivity contribution < 1.29 is 9.53 Å². The Morgan fingerprint density at radius 3 is 3.00 bits per heavy atom. The van der Waals surface area contributed by atoms with Gasteiger partial charge in [0.2, 0.25) is 5.91 Å². The molecule has 0 unspecified atom stereocenters. The number of nitrogens with zero attached hydrogens (tertiary/aromatic N) is 3. The molecule has 92 valence electrons. The number of aromatic nitrogens is 2. The van der Waals surface area contributed by atoms with Gasteiger partial charge in [0, 0.05) is 31.8 Å². The molecule has 1 aromatic heterocycles. The van der Waals surface area contributed by atoms with Crippen LogP contribution in [0.25, 0.3) is 6.08 Å². The molecular weight excluding hydrogens is 218 g/mol. The molecule has 0 aromatic carbocycles. The highest BCUT2D eigenvalue weighted by Gasteiger charge is 2.23. The number of hydrogen-bond acceptors (Lipinski definition) is 3. The fraction of sp³-hybridized carbons (Fsp3) is 0.500. The standard InChI is InChI=1S/C12H17N3O2/c1-14-9-10(6-8-17-2)12(13-14)15-7-4-3-5-11(15)16/h6,8-9H,3-5,7H2,1-2H3/b8-6+. The molecular formula is C12H17N3O2. The smallest absolute Gasteiger partial charge is 0.228 e. The van der Waals surface area contributed by atoms with Gasteiger partial charge in [-0.3, -0.25) is 14.4 Å². The van der Waals surface area contributed by atoms with E-state index in [2.05, 4.69) is 5.10 Å². The number of ether oxygens (including phenoxy) is 1. The fourth-order valence-corrected chi connectivity index (χ4v) is 1.99. The zero-order valence-corrected chi connectivity index (χ0v) is 10.2. The van der Waals surface area contributed by atoms with Gasteiger partial charge in [-0.25, -0.2) is 0 Å². The Hall–Kier alpha value is -1.78. The van der Waals surface area contributed by atoms with Crippen LogP contribution in [-0.4, -0.2) is 29.3 Å². The van der Waals surface area contributed by atoms with Crippen LogP contribution in [0, 0.1) is 0 Å². The number of rotatable bonds is 3. The van der Waals surface area contributed by atoms with Crippen molar-refractivity contribution in [1.29, 1.82) is 0 Å². The number of carbonyl (C=O) groups is 1. The van der Waals surface area contributed by atoms with E-state index in [1.54, 1.807) is 23.0 Å². The minimum absolute atomic E-state index is 0.155. The van der Waals surface area contributed by atoms with Gasteiger partial charge in [-0.1, -0.05) is 0 Å². The van der Waals surface area contributed by atoms with Crippen LogP contribution < -0.4 is 4.90 Å². The third kappa shape index (κ3) is 2.49. The monoisotopic (exact) mass is 235 g/mol. The molecule has 0 saturated carbocycles. The number of piperidine rings is 1. The van der Waals surface area contributed by atoms with E-state index < -0.39 is 0 Å². The first-order valence-corrected chi connectivity index (χ1v) is 5.75. The van der Waals surface area contributed by atoms with E-state index in [1.165, 1.54) is 0 Å². The molecule has 0 bridgehead atoms. The van der Waals surface area contributed by atoms with Crippen molar-refractivity contribution >= 4 is 17.8 Å². The van der Waals surface area contributed by atoms with Gasteiger partial charge in [0.25, 0.3) is 0 Å². The number of carbonyl (C=O) groups excluding carboxylic acids is 1. The predicted molar refractivity (Wildman–Crippen MR) is 65.5 cm³/mol. The molecule has 1 aromatic rings. The Morgan fingerprint density at radius 2 is 2.29 bits per heavy atom. The van der Waals surface area contributed by atoms with Gasteiger partial charge in [0.15, 0.2) is 5.82 Å². The van der Waals surface area contributed by atoms with Crippen molar-refractivity contribution in [3.8, 4) is 0 Å². The fourth-order valence-electron chi connectivity index (χ4n) is 1.99. The second-order valence-corrected chi connectivity index (χ2v) is 4.12. The van der Waals surface area contributed by atoms with E-state index in [-0.39, 0.29) is 5.91 Å². The summed E-state index contributed by atoms with van der Waals surface area (Å²) in [7, 11) is 3.45. The summed E-state index contributed by atoms with van der Waals surface area (Å²) in [4.78, 5) is 13.6. The molecule has 1 fully saturated rings. The Labute approximate surface area is 101 Å². The Kier molecular flexibility index (Phi) is 3.46. The lowest BCUT2D eigenvalue weighted by Gasteiger charge is -2.25. The maximum Gasteiger partial charge on any atom is 0.228 e. The first-order chi connectivity index (χ1) is 8.22. The van der Waals surface area contributed by atoms with Gasteiger partial charge in [0.05, 0.1) is 13.4 Å². The van der Waals surface area contributed by atoms with Gasteiger partial charge < -0.3 is 4.74 Å². The summed E-state index contributed by atoms with van der Waals surface area (Å²) in [5, 5.41) is 4.35. The normalized spacial score (nSPS) is 16.8. The molecule has 1 amide bonds. The number of amides is 1. The van der Waals surface area contributed by atoms with Crippen molar-refractivity contribution in [2.75, 3.05) is 18.6 Å². The van der Waals surface area contributed by atoms with Crippen LogP contribution in [0.4, 0.5) is 5.82 Å². The third-order valence-electron chi connectivity index (χ3n) is 2.80. The van der Waals surface area contributed by atoms with Crippen LogP contribution in [0.3, 0.4) is 0 Å². The van der Waals surface area contributed by atoms with Crippen LogP contribution in [0.1, 0.15) is 24.8 Å². The minimum atomic E-state index is 0.155. The molecule has 1 saturated heterocycles. The topological polar surface area (TPSA) is 47.4 Å². The van der Waals surface area contributed by atoms with Crippen molar-refractivity contribution in [2.45, 2.75) is 19.3 Å². The lowest BCUT2D eigenvalue weighted by Crippen LogP contribution is -2.36. The molecule has 1 aliphatic heterocycles. The molecule has 1 aliphatic rings. The molecule has 0 atom stereocenters. The molecule has 2 rings (SSSR count). The number of methoxy groups -OCH3 is 1. The molecule has 17 heavy (non-hydrogen) atoms. The summed E-state index contributed by atoms with van der Waals surface area (Å²) in [6.45, 7) is 0.754. The molecule has 0 aliphatic carbocycles. The highest BCUT2D eigenvalue weighted by atomic mass is 16.5. The largest absolute Gasteiger partial charge is 0.504 e. The first-order valence-electron chi connectivity index (χ1n) is 5.75. The summed E-state index contributed by atoms with van der Waals surface area (Å²) in [5.74, 6) is 0.882. The highest BCUT2D eigenvalue weighted by molar-refractivity contribution is 5.94. The zero-order chi connectivity index (χ0) is 12.3. The van der Waals surface area contributed by atoms with Crippen molar-refractivity contribution in [3.63, 3.8) is 0 Å². The van der Waals surface area contributed by atoms with Gasteiger partial charge in [0.1, 0.15) is 0 Å². The first kappa shape index (κ1) is 11.7. The van der Waals surface area contributed by atoms with Gasteiger partial charge in [-0.2, -0.15) is 5.10 Å². The Balaban J connectivity index is 2.29. The van der Waals surface area contributed by atoms with Crippen LogP contribution in [0.2, 0.25) is 0 Å². The maximum absolute atomic E-state index is 11.9. The SMILES string of the molecule is CO/C=C/c1cn(C)nc1N1CCCCC1=O. The average Bonchev–Trinajstić information content (AvgIpc) is 2.68. The quantitative estimate of drug-likeness (QED) is 0.747. The van der Waals surface area contributed by atoms with E-state index in [1.807, 2.05) is 19.3 Å². The van der Waals surface area contributed by atoms with E-state index in [0.29, 0.717) is 6.42 Å². The minimum Gasteiger partial charge on any atom is -0.504 e. The summed E-state index contributed by atoms with van der Waals surface area (Å²) in [6.07, 6.45) is 7.93. The Morgan fingerprint density at radius 1 is 1.47 bits per heavy atom. The maximum atomic E-state index is 11.9. The third-order valence-corrected chi connectivity index (χ3v) is 2.80. The highest BCUT2D eigenvalue weighted by Crippen LogP contribution is 2.24. The van der Waals surface area contributed by atoms with E-state index in [9.17, 15) is 4.79 Å². The van der Waals surface area contributed by atoms with Crippen molar-refractivity contribution in [2.24, 2.45) is 7.05 Å². The van der Waals surface area contributed by atoms with Gasteiger partial charge in [-0.15, -0.1) is 0 Å². The van der Waals surface area contributed by atoms with Gasteiger partial charge in [-0.05, 0) is 18.9 Å². The van der Waals surface area contributed by atoms with E-state index >= 15 is 0 Å². The molecule has 2 heterocycles. The molecule has 0 radical (unpaired) electrons. The van der Waals surface area contributed by atoms with Crippen LogP contribution in [0.5, 0.6) is 0 Å². The van der Waals surface area contributed by atoms with Gasteiger partial charge >= 0.3 is 0 Å². The van der Waals surface area contributed by atoms with Crippen molar-refractivity contribution in [3.05, 3.63) is 18.0 Å². The number of anilines is 1. The summed E-state index contributed by atoms with van der Waals surface area (Å²) in [5.41, 5.74) is 0.907.